The van der Waals surface area contributed by atoms with Crippen molar-refractivity contribution in [2.24, 2.45) is 0 Å². The lowest BCUT2D eigenvalue weighted by molar-refractivity contribution is 0.660. The van der Waals surface area contributed by atoms with Crippen LogP contribution in [0, 0.1) is 0 Å². The number of furan rings is 1. The molecule has 0 radical (unpaired) electrons. The standard InChI is InChI=1S/C47H33NO/c1-47(2)43-19-11-10-17-37(43)38-24-22-34(27-44(38)47)48(33-21-20-30-12-6-7-15-32(30)26-33)35-23-25-39-42-29-41(31-13-4-3-5-14-31)36-16-8-9-18-40(36)46(42)49-45(39)28-35/h3-29H,1-2H3. The summed E-state index contributed by atoms with van der Waals surface area (Å²) in [4.78, 5) is 2.38. The zero-order valence-electron chi connectivity index (χ0n) is 27.4. The molecule has 0 amide bonds. The zero-order valence-corrected chi connectivity index (χ0v) is 27.4. The van der Waals surface area contributed by atoms with E-state index >= 15 is 0 Å². The van der Waals surface area contributed by atoms with Gasteiger partial charge in [0, 0.05) is 44.7 Å². The van der Waals surface area contributed by atoms with Gasteiger partial charge in [0.25, 0.3) is 0 Å². The second-order valence-corrected chi connectivity index (χ2v) is 13.8. The summed E-state index contributed by atoms with van der Waals surface area (Å²) in [6, 6.07) is 59.4. The Morgan fingerprint density at radius 1 is 0.429 bits per heavy atom. The predicted octanol–water partition coefficient (Wildman–Crippen LogP) is 13.3. The maximum Gasteiger partial charge on any atom is 0.143 e. The van der Waals surface area contributed by atoms with Crippen LogP contribution in [-0.2, 0) is 5.41 Å². The molecule has 1 aliphatic carbocycles. The highest BCUT2D eigenvalue weighted by Crippen LogP contribution is 2.51. The molecule has 1 aromatic heterocycles. The number of fused-ring (bicyclic) bond motifs is 9. The molecule has 0 fully saturated rings. The topological polar surface area (TPSA) is 16.4 Å². The second-order valence-electron chi connectivity index (χ2n) is 13.8. The summed E-state index contributed by atoms with van der Waals surface area (Å²) in [7, 11) is 0. The van der Waals surface area contributed by atoms with E-state index < -0.39 is 0 Å². The van der Waals surface area contributed by atoms with Crippen LogP contribution in [0.5, 0.6) is 0 Å². The first-order valence-corrected chi connectivity index (χ1v) is 17.0. The molecule has 2 nitrogen and oxygen atoms in total. The van der Waals surface area contributed by atoms with Gasteiger partial charge < -0.3 is 9.32 Å². The molecule has 0 atom stereocenters. The predicted molar refractivity (Wildman–Crippen MR) is 206 cm³/mol. The number of nitrogens with zero attached hydrogens (tertiary/aromatic N) is 1. The van der Waals surface area contributed by atoms with Gasteiger partial charge in [-0.3, -0.25) is 0 Å². The zero-order chi connectivity index (χ0) is 32.7. The highest BCUT2D eigenvalue weighted by atomic mass is 16.3. The molecule has 0 saturated heterocycles. The lowest BCUT2D eigenvalue weighted by Gasteiger charge is -2.28. The number of hydrogen-bond donors (Lipinski definition) is 0. The SMILES string of the molecule is CC1(C)c2ccccc2-c2ccc(N(c3ccc4ccccc4c3)c3ccc4c(c3)oc3c5ccccc5c(-c5ccccc5)cc43)cc21. The van der Waals surface area contributed by atoms with Gasteiger partial charge in [-0.1, -0.05) is 129 Å². The van der Waals surface area contributed by atoms with E-state index in [1.165, 1.54) is 49.5 Å². The van der Waals surface area contributed by atoms with Crippen LogP contribution in [0.4, 0.5) is 17.1 Å². The molecule has 0 saturated carbocycles. The Morgan fingerprint density at radius 2 is 1.08 bits per heavy atom. The Kier molecular flexibility index (Phi) is 5.95. The Bertz CT molecular complexity index is 2750. The molecule has 1 aliphatic rings. The fourth-order valence-corrected chi connectivity index (χ4v) is 8.18. The molecule has 0 N–H and O–H groups in total. The molecule has 9 aromatic rings. The first-order chi connectivity index (χ1) is 24.0. The van der Waals surface area contributed by atoms with Crippen molar-refractivity contribution in [3.63, 3.8) is 0 Å². The number of hydrogen-bond acceptors (Lipinski definition) is 2. The number of rotatable bonds is 4. The molecule has 10 rings (SSSR count). The van der Waals surface area contributed by atoms with E-state index in [4.69, 9.17) is 4.42 Å². The Hall–Kier alpha value is -6.12. The molecule has 0 bridgehead atoms. The first kappa shape index (κ1) is 27.9. The smallest absolute Gasteiger partial charge is 0.143 e. The molecule has 232 valence electrons. The number of benzene rings is 8. The van der Waals surface area contributed by atoms with E-state index in [0.29, 0.717) is 0 Å². The van der Waals surface area contributed by atoms with Gasteiger partial charge in [-0.2, -0.15) is 0 Å². The van der Waals surface area contributed by atoms with E-state index in [1.54, 1.807) is 0 Å². The molecule has 8 aromatic carbocycles. The van der Waals surface area contributed by atoms with Crippen LogP contribution in [0.15, 0.2) is 168 Å². The van der Waals surface area contributed by atoms with Gasteiger partial charge in [0.05, 0.1) is 0 Å². The lowest BCUT2D eigenvalue weighted by Crippen LogP contribution is -2.16. The summed E-state index contributed by atoms with van der Waals surface area (Å²) in [5.41, 5.74) is 12.8. The molecule has 0 spiro atoms. The average Bonchev–Trinajstić information content (AvgIpc) is 3.63. The van der Waals surface area contributed by atoms with Gasteiger partial charge in [-0.25, -0.2) is 0 Å². The number of anilines is 3. The summed E-state index contributed by atoms with van der Waals surface area (Å²) in [6.45, 7) is 4.69. The van der Waals surface area contributed by atoms with Gasteiger partial charge in [0.2, 0.25) is 0 Å². The molecular weight excluding hydrogens is 595 g/mol. The molecule has 0 aliphatic heterocycles. The fourth-order valence-electron chi connectivity index (χ4n) is 8.18. The van der Waals surface area contributed by atoms with Crippen LogP contribution >= 0.6 is 0 Å². The molecule has 1 heterocycles. The van der Waals surface area contributed by atoms with Crippen molar-refractivity contribution < 1.29 is 4.42 Å². The van der Waals surface area contributed by atoms with Crippen molar-refractivity contribution in [3.05, 3.63) is 175 Å². The highest BCUT2D eigenvalue weighted by Gasteiger charge is 2.35. The Labute approximate surface area is 285 Å². The van der Waals surface area contributed by atoms with E-state index in [-0.39, 0.29) is 5.41 Å². The third-order valence-corrected chi connectivity index (χ3v) is 10.6. The van der Waals surface area contributed by atoms with Crippen molar-refractivity contribution >= 4 is 60.5 Å². The third-order valence-electron chi connectivity index (χ3n) is 10.6. The molecular formula is C47H33NO. The maximum absolute atomic E-state index is 6.81. The average molecular weight is 628 g/mol. The fraction of sp³-hybridized carbons (Fsp3) is 0.0638. The van der Waals surface area contributed by atoms with Crippen LogP contribution in [0.1, 0.15) is 25.0 Å². The van der Waals surface area contributed by atoms with Crippen LogP contribution in [-0.4, -0.2) is 0 Å². The van der Waals surface area contributed by atoms with E-state index in [9.17, 15) is 0 Å². The molecule has 49 heavy (non-hydrogen) atoms. The van der Waals surface area contributed by atoms with Gasteiger partial charge in [-0.05, 0) is 92.0 Å². The quantitative estimate of drug-likeness (QED) is 0.193. The minimum absolute atomic E-state index is 0.100. The van der Waals surface area contributed by atoms with E-state index in [0.717, 1.165) is 44.4 Å². The van der Waals surface area contributed by atoms with Crippen LogP contribution in [0.25, 0.3) is 65.7 Å². The van der Waals surface area contributed by atoms with Crippen LogP contribution in [0.2, 0.25) is 0 Å². The Balaban J connectivity index is 1.19. The summed E-state index contributed by atoms with van der Waals surface area (Å²) in [5.74, 6) is 0. The van der Waals surface area contributed by atoms with Crippen molar-refractivity contribution in [2.75, 3.05) is 4.90 Å². The Morgan fingerprint density at radius 3 is 1.96 bits per heavy atom. The van der Waals surface area contributed by atoms with Gasteiger partial charge >= 0.3 is 0 Å². The largest absolute Gasteiger partial charge is 0.455 e. The van der Waals surface area contributed by atoms with E-state index in [2.05, 4.69) is 183 Å². The normalized spacial score (nSPS) is 13.3. The minimum atomic E-state index is -0.100. The summed E-state index contributed by atoms with van der Waals surface area (Å²) in [5, 5.41) is 7.01. The van der Waals surface area contributed by atoms with Crippen molar-refractivity contribution in [2.45, 2.75) is 19.3 Å². The van der Waals surface area contributed by atoms with Crippen LogP contribution < -0.4 is 4.90 Å². The van der Waals surface area contributed by atoms with Crippen LogP contribution in [0.3, 0.4) is 0 Å². The van der Waals surface area contributed by atoms with Crippen molar-refractivity contribution in [1.82, 2.24) is 0 Å². The maximum atomic E-state index is 6.81. The van der Waals surface area contributed by atoms with Gasteiger partial charge in [-0.15, -0.1) is 0 Å². The van der Waals surface area contributed by atoms with E-state index in [1.807, 2.05) is 0 Å². The monoisotopic (exact) mass is 627 g/mol. The summed E-state index contributed by atoms with van der Waals surface area (Å²) < 4.78 is 6.81. The highest BCUT2D eigenvalue weighted by molar-refractivity contribution is 6.19. The molecule has 2 heteroatoms. The van der Waals surface area contributed by atoms with Crippen molar-refractivity contribution in [1.29, 1.82) is 0 Å². The van der Waals surface area contributed by atoms with Gasteiger partial charge in [0.1, 0.15) is 11.2 Å². The summed E-state index contributed by atoms with van der Waals surface area (Å²) >= 11 is 0. The van der Waals surface area contributed by atoms with Gasteiger partial charge in [0.15, 0.2) is 0 Å². The first-order valence-electron chi connectivity index (χ1n) is 17.0. The summed E-state index contributed by atoms with van der Waals surface area (Å²) in [6.07, 6.45) is 0. The third kappa shape index (κ3) is 4.20. The lowest BCUT2D eigenvalue weighted by atomic mass is 9.82. The molecule has 0 unspecified atom stereocenters. The van der Waals surface area contributed by atoms with Crippen molar-refractivity contribution in [3.8, 4) is 22.3 Å². The second kappa shape index (κ2) is 10.4. The minimum Gasteiger partial charge on any atom is -0.455 e.